The second-order valence-electron chi connectivity index (χ2n) is 3.65. The van der Waals surface area contributed by atoms with E-state index in [9.17, 15) is 14.7 Å². The van der Waals surface area contributed by atoms with E-state index in [-0.39, 0.29) is 18.0 Å². The normalized spacial score (nSPS) is 11.9. The van der Waals surface area contributed by atoms with E-state index in [4.69, 9.17) is 5.11 Å². The lowest BCUT2D eigenvalue weighted by Gasteiger charge is -2.09. The minimum absolute atomic E-state index is 0.134. The Kier molecular flexibility index (Phi) is 4.66. The number of carboxylic acid groups (broad SMARTS) is 1. The van der Waals surface area contributed by atoms with Crippen LogP contribution in [0.1, 0.15) is 34.1 Å². The van der Waals surface area contributed by atoms with Gasteiger partial charge in [-0.25, -0.2) is 4.79 Å². The molecule has 0 aliphatic heterocycles. The third-order valence-electron chi connectivity index (χ3n) is 2.36. The number of aliphatic hydroxyl groups is 1. The van der Waals surface area contributed by atoms with Crippen molar-refractivity contribution in [1.29, 1.82) is 0 Å². The number of nitrogens with one attached hydrogen (secondary N) is 1. The molecule has 0 spiro atoms. The van der Waals surface area contributed by atoms with Crippen LogP contribution in [0.2, 0.25) is 0 Å². The monoisotopic (exact) mass is 237 g/mol. The molecule has 0 saturated carbocycles. The highest BCUT2D eigenvalue weighted by atomic mass is 16.4. The molecule has 5 nitrogen and oxygen atoms in total. The molecule has 92 valence electrons. The first kappa shape index (κ1) is 13.2. The van der Waals surface area contributed by atoms with E-state index < -0.39 is 12.1 Å². The summed E-state index contributed by atoms with van der Waals surface area (Å²) in [5.41, 5.74) is 0.508. The molecule has 0 fully saturated rings. The molecule has 0 aliphatic rings. The molecule has 0 radical (unpaired) electrons. The number of carboxylic acids is 1. The number of carbonyl (C=O) groups excluding carboxylic acids is 1. The zero-order valence-corrected chi connectivity index (χ0v) is 9.51. The summed E-state index contributed by atoms with van der Waals surface area (Å²) in [6.07, 6.45) is 0.00958. The summed E-state index contributed by atoms with van der Waals surface area (Å²) in [6.45, 7) is 2.01. The van der Waals surface area contributed by atoms with Gasteiger partial charge in [-0.2, -0.15) is 0 Å². The highest BCUT2D eigenvalue weighted by Gasteiger charge is 2.09. The van der Waals surface area contributed by atoms with Crippen LogP contribution in [-0.4, -0.2) is 34.7 Å². The molecular weight excluding hydrogens is 222 g/mol. The van der Waals surface area contributed by atoms with Crippen molar-refractivity contribution in [2.24, 2.45) is 0 Å². The van der Waals surface area contributed by atoms with Crippen LogP contribution >= 0.6 is 0 Å². The van der Waals surface area contributed by atoms with E-state index in [1.165, 1.54) is 24.3 Å². The first-order chi connectivity index (χ1) is 8.04. The van der Waals surface area contributed by atoms with Crippen LogP contribution in [0.5, 0.6) is 0 Å². The van der Waals surface area contributed by atoms with Crippen LogP contribution < -0.4 is 5.32 Å². The molecule has 1 aromatic carbocycles. The summed E-state index contributed by atoms with van der Waals surface area (Å²) in [5.74, 6) is -1.35. The number of benzene rings is 1. The maximum absolute atomic E-state index is 11.6. The summed E-state index contributed by atoms with van der Waals surface area (Å²) in [5, 5.41) is 20.5. The second-order valence-corrected chi connectivity index (χ2v) is 3.65. The van der Waals surface area contributed by atoms with Gasteiger partial charge < -0.3 is 15.5 Å². The molecule has 0 heterocycles. The Labute approximate surface area is 99.1 Å². The number of hydrogen-bond acceptors (Lipinski definition) is 3. The quantitative estimate of drug-likeness (QED) is 0.709. The number of hydrogen-bond donors (Lipinski definition) is 3. The smallest absolute Gasteiger partial charge is 0.335 e. The summed E-state index contributed by atoms with van der Waals surface area (Å²) in [6, 6.07) is 5.62. The summed E-state index contributed by atoms with van der Waals surface area (Å²) < 4.78 is 0. The van der Waals surface area contributed by atoms with Gasteiger partial charge in [-0.1, -0.05) is 6.92 Å². The highest BCUT2D eigenvalue weighted by Crippen LogP contribution is 2.04. The zero-order valence-electron chi connectivity index (χ0n) is 9.51. The average molecular weight is 237 g/mol. The van der Waals surface area contributed by atoms with E-state index in [0.29, 0.717) is 12.0 Å². The van der Waals surface area contributed by atoms with Crippen LogP contribution in [0.4, 0.5) is 0 Å². The molecule has 17 heavy (non-hydrogen) atoms. The largest absolute Gasteiger partial charge is 0.478 e. The number of aromatic carboxylic acids is 1. The van der Waals surface area contributed by atoms with Crippen LogP contribution in [0.15, 0.2) is 24.3 Å². The van der Waals surface area contributed by atoms with Crippen LogP contribution in [-0.2, 0) is 0 Å². The molecular formula is C12H15NO4. The number of carbonyl (C=O) groups is 2. The molecule has 1 rings (SSSR count). The van der Waals surface area contributed by atoms with Gasteiger partial charge in [0.05, 0.1) is 11.7 Å². The molecule has 0 aliphatic carbocycles. The maximum atomic E-state index is 11.6. The second kappa shape index (κ2) is 6.00. The minimum Gasteiger partial charge on any atom is -0.478 e. The van der Waals surface area contributed by atoms with Gasteiger partial charge in [0, 0.05) is 12.1 Å². The fourth-order valence-electron chi connectivity index (χ4n) is 1.22. The van der Waals surface area contributed by atoms with E-state index in [1.54, 1.807) is 0 Å². The zero-order chi connectivity index (χ0) is 12.8. The fourth-order valence-corrected chi connectivity index (χ4v) is 1.22. The average Bonchev–Trinajstić information content (AvgIpc) is 2.35. The number of rotatable bonds is 5. The minimum atomic E-state index is -1.03. The Balaban J connectivity index is 2.61. The Morgan fingerprint density at radius 3 is 2.24 bits per heavy atom. The Morgan fingerprint density at radius 2 is 1.76 bits per heavy atom. The van der Waals surface area contributed by atoms with Crippen molar-refractivity contribution in [3.8, 4) is 0 Å². The number of amides is 1. The molecule has 0 bridgehead atoms. The van der Waals surface area contributed by atoms with Crippen molar-refractivity contribution in [3.63, 3.8) is 0 Å². The van der Waals surface area contributed by atoms with Crippen LogP contribution in [0.3, 0.4) is 0 Å². The van der Waals surface area contributed by atoms with Gasteiger partial charge in [0.1, 0.15) is 0 Å². The molecule has 0 aromatic heterocycles. The molecule has 1 aromatic rings. The highest BCUT2D eigenvalue weighted by molar-refractivity contribution is 5.95. The van der Waals surface area contributed by atoms with Crippen LogP contribution in [0, 0.1) is 0 Å². The first-order valence-corrected chi connectivity index (χ1v) is 5.34. The number of aliphatic hydroxyl groups excluding tert-OH is 1. The summed E-state index contributed by atoms with van der Waals surface area (Å²) in [4.78, 5) is 22.2. The van der Waals surface area contributed by atoms with E-state index >= 15 is 0 Å². The third kappa shape index (κ3) is 3.88. The molecule has 1 atom stereocenters. The van der Waals surface area contributed by atoms with Gasteiger partial charge in [-0.3, -0.25) is 4.79 Å². The van der Waals surface area contributed by atoms with Gasteiger partial charge in [0.15, 0.2) is 0 Å². The summed E-state index contributed by atoms with van der Waals surface area (Å²) in [7, 11) is 0. The van der Waals surface area contributed by atoms with Crippen molar-refractivity contribution < 1.29 is 19.8 Å². The Morgan fingerprint density at radius 1 is 1.24 bits per heavy atom. The third-order valence-corrected chi connectivity index (χ3v) is 2.36. The SMILES string of the molecule is CC[C@H](O)CNC(=O)c1ccc(C(=O)O)cc1. The molecule has 0 saturated heterocycles. The van der Waals surface area contributed by atoms with Crippen molar-refractivity contribution >= 4 is 11.9 Å². The summed E-state index contributed by atoms with van der Waals surface area (Å²) >= 11 is 0. The standard InChI is InChI=1S/C12H15NO4/c1-2-10(14)7-13-11(15)8-3-5-9(6-4-8)12(16)17/h3-6,10,14H,2,7H2,1H3,(H,13,15)(H,16,17)/t10-/m0/s1. The maximum Gasteiger partial charge on any atom is 0.335 e. The van der Waals surface area contributed by atoms with Crippen molar-refractivity contribution in [3.05, 3.63) is 35.4 Å². The lowest BCUT2D eigenvalue weighted by Crippen LogP contribution is -2.31. The Bertz CT molecular complexity index is 399. The molecule has 3 N–H and O–H groups in total. The van der Waals surface area contributed by atoms with Gasteiger partial charge in [-0.05, 0) is 30.7 Å². The van der Waals surface area contributed by atoms with Crippen molar-refractivity contribution in [1.82, 2.24) is 5.32 Å². The first-order valence-electron chi connectivity index (χ1n) is 5.34. The molecule has 1 amide bonds. The lowest BCUT2D eigenvalue weighted by atomic mass is 10.1. The van der Waals surface area contributed by atoms with Gasteiger partial charge >= 0.3 is 5.97 Å². The van der Waals surface area contributed by atoms with Crippen molar-refractivity contribution in [2.75, 3.05) is 6.54 Å². The fraction of sp³-hybridized carbons (Fsp3) is 0.333. The lowest BCUT2D eigenvalue weighted by molar-refractivity contribution is 0.0696. The van der Waals surface area contributed by atoms with Crippen LogP contribution in [0.25, 0.3) is 0 Å². The molecule has 5 heteroatoms. The predicted molar refractivity (Wildman–Crippen MR) is 62.0 cm³/mol. The van der Waals surface area contributed by atoms with Crippen molar-refractivity contribution in [2.45, 2.75) is 19.4 Å². The van der Waals surface area contributed by atoms with Gasteiger partial charge in [0.2, 0.25) is 0 Å². The van der Waals surface area contributed by atoms with E-state index in [2.05, 4.69) is 5.32 Å². The van der Waals surface area contributed by atoms with E-state index in [1.807, 2.05) is 6.92 Å². The van der Waals surface area contributed by atoms with Gasteiger partial charge in [0.25, 0.3) is 5.91 Å². The topological polar surface area (TPSA) is 86.6 Å². The molecule has 0 unspecified atom stereocenters. The van der Waals surface area contributed by atoms with Gasteiger partial charge in [-0.15, -0.1) is 0 Å². The predicted octanol–water partition coefficient (Wildman–Crippen LogP) is 0.886. The van der Waals surface area contributed by atoms with E-state index in [0.717, 1.165) is 0 Å². The Hall–Kier alpha value is -1.88.